The van der Waals surface area contributed by atoms with Gasteiger partial charge in [-0.1, -0.05) is 0 Å². The smallest absolute Gasteiger partial charge is 0.208 e. The molecule has 1 aromatic carbocycles. The Morgan fingerprint density at radius 1 is 1.18 bits per heavy atom. The van der Waals surface area contributed by atoms with Crippen molar-refractivity contribution < 1.29 is 17.2 Å². The standard InChI is InChI=1S/C13H20F2N4O2S/c1-16-13(18-7-8-19-22(2,20)21)17-6-5-10-9-11(14)3-4-12(10)15/h3-4,9,19H,5-8H2,1-2H3,(H2,16,17,18). The van der Waals surface area contributed by atoms with Crippen LogP contribution in [0.5, 0.6) is 0 Å². The van der Waals surface area contributed by atoms with Crippen LogP contribution in [-0.4, -0.2) is 47.3 Å². The second-order valence-corrected chi connectivity index (χ2v) is 6.41. The predicted octanol–water partition coefficient (Wildman–Crippen LogP) is 0.222. The molecule has 124 valence electrons. The third-order valence-corrected chi connectivity index (χ3v) is 3.43. The molecule has 0 aromatic heterocycles. The molecule has 0 unspecified atom stereocenters. The van der Waals surface area contributed by atoms with Gasteiger partial charge in [-0.25, -0.2) is 21.9 Å². The molecule has 1 rings (SSSR count). The highest BCUT2D eigenvalue weighted by molar-refractivity contribution is 7.88. The Labute approximate surface area is 129 Å². The number of hydrogen-bond donors (Lipinski definition) is 3. The molecule has 0 radical (unpaired) electrons. The molecule has 0 saturated heterocycles. The molecule has 1 aromatic rings. The second kappa shape index (κ2) is 8.64. The van der Waals surface area contributed by atoms with Crippen LogP contribution in [0, 0.1) is 11.6 Å². The van der Waals surface area contributed by atoms with Crippen LogP contribution in [0.3, 0.4) is 0 Å². The highest BCUT2D eigenvalue weighted by Crippen LogP contribution is 2.09. The largest absolute Gasteiger partial charge is 0.356 e. The zero-order valence-electron chi connectivity index (χ0n) is 12.5. The van der Waals surface area contributed by atoms with E-state index in [1.54, 1.807) is 7.05 Å². The summed E-state index contributed by atoms with van der Waals surface area (Å²) in [4.78, 5) is 3.94. The van der Waals surface area contributed by atoms with Gasteiger partial charge in [-0.2, -0.15) is 0 Å². The van der Waals surface area contributed by atoms with Crippen molar-refractivity contribution in [3.05, 3.63) is 35.4 Å². The van der Waals surface area contributed by atoms with Crippen LogP contribution in [0.2, 0.25) is 0 Å². The average Bonchev–Trinajstić information content (AvgIpc) is 2.44. The van der Waals surface area contributed by atoms with Crippen molar-refractivity contribution in [1.82, 2.24) is 15.4 Å². The van der Waals surface area contributed by atoms with E-state index >= 15 is 0 Å². The summed E-state index contributed by atoms with van der Waals surface area (Å²) >= 11 is 0. The quantitative estimate of drug-likeness (QED) is 0.378. The first-order valence-corrected chi connectivity index (χ1v) is 8.54. The number of guanidine groups is 1. The maximum Gasteiger partial charge on any atom is 0.208 e. The van der Waals surface area contributed by atoms with Crippen molar-refractivity contribution in [2.75, 3.05) is 32.9 Å². The Bertz CT molecular complexity index is 620. The number of aliphatic imine (C=N–C) groups is 1. The Balaban J connectivity index is 2.34. The van der Waals surface area contributed by atoms with Crippen LogP contribution < -0.4 is 15.4 Å². The second-order valence-electron chi connectivity index (χ2n) is 4.58. The van der Waals surface area contributed by atoms with E-state index in [4.69, 9.17) is 0 Å². The molecular weight excluding hydrogens is 314 g/mol. The summed E-state index contributed by atoms with van der Waals surface area (Å²) in [7, 11) is -1.66. The molecule has 0 atom stereocenters. The fourth-order valence-electron chi connectivity index (χ4n) is 1.69. The van der Waals surface area contributed by atoms with Gasteiger partial charge in [0.1, 0.15) is 11.6 Å². The van der Waals surface area contributed by atoms with E-state index in [2.05, 4.69) is 20.3 Å². The number of sulfonamides is 1. The van der Waals surface area contributed by atoms with Gasteiger partial charge in [0.2, 0.25) is 10.0 Å². The monoisotopic (exact) mass is 334 g/mol. The van der Waals surface area contributed by atoms with Crippen molar-refractivity contribution in [2.45, 2.75) is 6.42 Å². The Hall–Kier alpha value is -1.74. The minimum atomic E-state index is -3.22. The van der Waals surface area contributed by atoms with Crippen LogP contribution in [0.25, 0.3) is 0 Å². The van der Waals surface area contributed by atoms with Gasteiger partial charge in [-0.3, -0.25) is 4.99 Å². The van der Waals surface area contributed by atoms with E-state index in [9.17, 15) is 17.2 Å². The fraction of sp³-hybridized carbons (Fsp3) is 0.462. The molecule has 22 heavy (non-hydrogen) atoms. The van der Waals surface area contributed by atoms with Crippen LogP contribution in [0.4, 0.5) is 8.78 Å². The minimum absolute atomic E-state index is 0.220. The zero-order valence-corrected chi connectivity index (χ0v) is 13.3. The van der Waals surface area contributed by atoms with Gasteiger partial charge in [-0.05, 0) is 30.2 Å². The van der Waals surface area contributed by atoms with Crippen molar-refractivity contribution >= 4 is 16.0 Å². The molecule has 3 N–H and O–H groups in total. The van der Waals surface area contributed by atoms with Crippen molar-refractivity contribution in [2.24, 2.45) is 4.99 Å². The summed E-state index contributed by atoms with van der Waals surface area (Å²) in [5, 5.41) is 5.83. The van der Waals surface area contributed by atoms with E-state index in [0.717, 1.165) is 24.5 Å². The maximum absolute atomic E-state index is 13.4. The molecule has 0 fully saturated rings. The van der Waals surface area contributed by atoms with Gasteiger partial charge in [0.15, 0.2) is 5.96 Å². The topological polar surface area (TPSA) is 82.6 Å². The lowest BCUT2D eigenvalue weighted by Crippen LogP contribution is -2.42. The van der Waals surface area contributed by atoms with Gasteiger partial charge in [-0.15, -0.1) is 0 Å². The highest BCUT2D eigenvalue weighted by atomic mass is 32.2. The first-order valence-electron chi connectivity index (χ1n) is 6.65. The van der Waals surface area contributed by atoms with Gasteiger partial charge < -0.3 is 10.6 Å². The third-order valence-electron chi connectivity index (χ3n) is 2.70. The lowest BCUT2D eigenvalue weighted by Gasteiger charge is -2.12. The lowest BCUT2D eigenvalue weighted by atomic mass is 10.1. The Morgan fingerprint density at radius 2 is 1.86 bits per heavy atom. The fourth-order valence-corrected chi connectivity index (χ4v) is 2.16. The Kier molecular flexibility index (Phi) is 7.19. The van der Waals surface area contributed by atoms with E-state index in [1.807, 2.05) is 0 Å². The number of halogens is 2. The van der Waals surface area contributed by atoms with Crippen LogP contribution in [0.1, 0.15) is 5.56 Å². The highest BCUT2D eigenvalue weighted by Gasteiger charge is 2.05. The van der Waals surface area contributed by atoms with E-state index in [0.29, 0.717) is 25.5 Å². The summed E-state index contributed by atoms with van der Waals surface area (Å²) in [5.74, 6) is -0.485. The lowest BCUT2D eigenvalue weighted by molar-refractivity contribution is 0.582. The minimum Gasteiger partial charge on any atom is -0.356 e. The molecule has 6 nitrogen and oxygen atoms in total. The third kappa shape index (κ3) is 7.32. The van der Waals surface area contributed by atoms with Crippen molar-refractivity contribution in [1.29, 1.82) is 0 Å². The molecular formula is C13H20F2N4O2S. The normalized spacial score (nSPS) is 12.3. The zero-order chi connectivity index (χ0) is 16.6. The number of nitrogens with zero attached hydrogens (tertiary/aromatic N) is 1. The van der Waals surface area contributed by atoms with Crippen molar-refractivity contribution in [3.63, 3.8) is 0 Å². The van der Waals surface area contributed by atoms with Gasteiger partial charge in [0.25, 0.3) is 0 Å². The molecule has 0 spiro atoms. The number of rotatable bonds is 7. The molecule has 0 heterocycles. The maximum atomic E-state index is 13.4. The summed E-state index contributed by atoms with van der Waals surface area (Å²) in [6, 6.07) is 3.32. The molecule has 0 saturated carbocycles. The first kappa shape index (κ1) is 18.3. The number of nitrogens with one attached hydrogen (secondary N) is 3. The van der Waals surface area contributed by atoms with Crippen molar-refractivity contribution in [3.8, 4) is 0 Å². The Morgan fingerprint density at radius 3 is 2.50 bits per heavy atom. The molecule has 0 aliphatic rings. The summed E-state index contributed by atoms with van der Waals surface area (Å²) in [6.45, 7) is 0.929. The molecule has 0 aliphatic heterocycles. The van der Waals surface area contributed by atoms with E-state index < -0.39 is 21.7 Å². The summed E-state index contributed by atoms with van der Waals surface area (Å²) in [5.41, 5.74) is 0.279. The number of benzene rings is 1. The van der Waals surface area contributed by atoms with Crippen LogP contribution in [-0.2, 0) is 16.4 Å². The van der Waals surface area contributed by atoms with Crippen LogP contribution >= 0.6 is 0 Å². The average molecular weight is 334 g/mol. The first-order chi connectivity index (χ1) is 10.3. The van der Waals surface area contributed by atoms with Gasteiger partial charge in [0.05, 0.1) is 6.26 Å². The molecule has 0 aliphatic carbocycles. The van der Waals surface area contributed by atoms with E-state index in [-0.39, 0.29) is 12.1 Å². The summed E-state index contributed by atoms with van der Waals surface area (Å²) < 4.78 is 50.6. The van der Waals surface area contributed by atoms with Crippen LogP contribution in [0.15, 0.2) is 23.2 Å². The predicted molar refractivity (Wildman–Crippen MR) is 82.3 cm³/mol. The van der Waals surface area contributed by atoms with E-state index in [1.165, 1.54) is 0 Å². The number of hydrogen-bond acceptors (Lipinski definition) is 3. The SMILES string of the molecule is CN=C(NCCNS(C)(=O)=O)NCCc1cc(F)ccc1F. The molecule has 0 bridgehead atoms. The summed E-state index contributed by atoms with van der Waals surface area (Å²) in [6.07, 6.45) is 1.37. The molecule has 0 amide bonds. The molecule has 9 heteroatoms. The van der Waals surface area contributed by atoms with Gasteiger partial charge in [0, 0.05) is 26.7 Å². The van der Waals surface area contributed by atoms with Gasteiger partial charge >= 0.3 is 0 Å².